The highest BCUT2D eigenvalue weighted by molar-refractivity contribution is 7.13. The van der Waals surface area contributed by atoms with Crippen LogP contribution in [0.15, 0.2) is 70.7 Å². The largest absolute Gasteiger partial charge is 0.468 e. The van der Waals surface area contributed by atoms with Crippen molar-refractivity contribution in [3.8, 4) is 33.8 Å². The molecule has 0 aliphatic carbocycles. The van der Waals surface area contributed by atoms with Crippen LogP contribution in [-0.4, -0.2) is 17.4 Å². The number of pyridine rings is 1. The molecule has 3 aromatic heterocycles. The van der Waals surface area contributed by atoms with E-state index in [0.717, 1.165) is 4.88 Å². The summed E-state index contributed by atoms with van der Waals surface area (Å²) in [6, 6.07) is 17.8. The number of ether oxygens (including phenoxy) is 1. The molecular formula is C22H13ClN2O3S. The summed E-state index contributed by atoms with van der Waals surface area (Å²) < 4.78 is 11.1. The first kappa shape index (κ1) is 18.9. The van der Waals surface area contributed by atoms with E-state index in [1.807, 2.05) is 17.5 Å². The third-order valence-corrected chi connectivity index (χ3v) is 5.32. The zero-order valence-corrected chi connectivity index (χ0v) is 16.5. The number of benzene rings is 1. The number of thiophene rings is 1. The molecule has 0 spiro atoms. The van der Waals surface area contributed by atoms with Crippen molar-refractivity contribution in [1.82, 2.24) is 4.98 Å². The lowest BCUT2D eigenvalue weighted by Gasteiger charge is -2.11. The maximum absolute atomic E-state index is 12.5. The lowest BCUT2D eigenvalue weighted by atomic mass is 10.1. The molecule has 0 fully saturated rings. The van der Waals surface area contributed by atoms with Gasteiger partial charge >= 0.3 is 0 Å². The molecule has 0 saturated heterocycles. The molecule has 0 radical (unpaired) electrons. The fraction of sp³-hybridized carbons (Fsp3) is 0.0455. The van der Waals surface area contributed by atoms with Crippen molar-refractivity contribution < 1.29 is 13.9 Å². The van der Waals surface area contributed by atoms with Crippen LogP contribution in [0, 0.1) is 11.3 Å². The third-order valence-electron chi connectivity index (χ3n) is 4.16. The van der Waals surface area contributed by atoms with E-state index in [9.17, 15) is 10.1 Å². The van der Waals surface area contributed by atoms with Crippen LogP contribution in [0.25, 0.3) is 21.9 Å². The van der Waals surface area contributed by atoms with Crippen molar-refractivity contribution in [2.75, 3.05) is 6.61 Å². The first-order chi connectivity index (χ1) is 14.2. The van der Waals surface area contributed by atoms with Gasteiger partial charge in [0.15, 0.2) is 18.2 Å². The van der Waals surface area contributed by atoms with Gasteiger partial charge in [0.1, 0.15) is 17.3 Å². The molecule has 0 unspecified atom stereocenters. The summed E-state index contributed by atoms with van der Waals surface area (Å²) in [5.41, 5.74) is 1.93. The van der Waals surface area contributed by atoms with E-state index in [-0.39, 0.29) is 23.8 Å². The monoisotopic (exact) mass is 420 g/mol. The standard InChI is InChI=1S/C22H13ClN2O3S/c23-15-7-5-14(6-8-15)19(26)13-28-22-17(12-24)16(21-4-2-10-29-21)11-18(25-22)20-3-1-9-27-20/h1-11H,13H2. The van der Waals surface area contributed by atoms with Gasteiger partial charge in [-0.2, -0.15) is 5.26 Å². The average molecular weight is 421 g/mol. The van der Waals surface area contributed by atoms with Crippen LogP contribution in [0.3, 0.4) is 0 Å². The highest BCUT2D eigenvalue weighted by Gasteiger charge is 2.19. The van der Waals surface area contributed by atoms with E-state index in [0.29, 0.717) is 27.6 Å². The fourth-order valence-electron chi connectivity index (χ4n) is 2.76. The maximum Gasteiger partial charge on any atom is 0.233 e. The second kappa shape index (κ2) is 8.31. The van der Waals surface area contributed by atoms with Gasteiger partial charge in [0.25, 0.3) is 0 Å². The van der Waals surface area contributed by atoms with Gasteiger partial charge in [-0.1, -0.05) is 17.7 Å². The quantitative estimate of drug-likeness (QED) is 0.365. The molecule has 3 heterocycles. The van der Waals surface area contributed by atoms with E-state index in [4.69, 9.17) is 20.8 Å². The number of carbonyl (C=O) groups is 1. The second-order valence-electron chi connectivity index (χ2n) is 6.02. The second-order valence-corrected chi connectivity index (χ2v) is 7.40. The topological polar surface area (TPSA) is 76.1 Å². The summed E-state index contributed by atoms with van der Waals surface area (Å²) in [4.78, 5) is 17.8. The Bertz CT molecular complexity index is 1180. The third kappa shape index (κ3) is 4.06. The van der Waals surface area contributed by atoms with Gasteiger partial charge in [-0.05, 0) is 53.9 Å². The number of Topliss-reactive ketones (excluding diaryl/α,β-unsaturated/α-hetero) is 1. The number of hydrogen-bond acceptors (Lipinski definition) is 6. The van der Waals surface area contributed by atoms with Gasteiger partial charge in [-0.15, -0.1) is 11.3 Å². The van der Waals surface area contributed by atoms with Crippen molar-refractivity contribution in [2.24, 2.45) is 0 Å². The first-order valence-corrected chi connectivity index (χ1v) is 9.86. The number of hydrogen-bond donors (Lipinski definition) is 0. The Labute approximate surface area is 175 Å². The predicted octanol–water partition coefficient (Wildman–Crippen LogP) is 5.86. The number of carbonyl (C=O) groups excluding carboxylic acids is 1. The minimum atomic E-state index is -0.255. The summed E-state index contributed by atoms with van der Waals surface area (Å²) in [7, 11) is 0. The van der Waals surface area contributed by atoms with Crippen LogP contribution in [0.1, 0.15) is 15.9 Å². The van der Waals surface area contributed by atoms with Crippen LogP contribution < -0.4 is 4.74 Å². The van der Waals surface area contributed by atoms with Crippen LogP contribution in [0.5, 0.6) is 5.88 Å². The number of rotatable bonds is 6. The van der Waals surface area contributed by atoms with Crippen LogP contribution >= 0.6 is 22.9 Å². The first-order valence-electron chi connectivity index (χ1n) is 8.60. The molecular weight excluding hydrogens is 408 g/mol. The van der Waals surface area contributed by atoms with E-state index in [1.54, 1.807) is 48.7 Å². The van der Waals surface area contributed by atoms with E-state index in [1.165, 1.54) is 11.3 Å². The summed E-state index contributed by atoms with van der Waals surface area (Å²) in [5, 5.41) is 12.2. The Kier molecular flexibility index (Phi) is 5.43. The normalized spacial score (nSPS) is 10.5. The highest BCUT2D eigenvalue weighted by Crippen LogP contribution is 2.35. The molecule has 5 nitrogen and oxygen atoms in total. The van der Waals surface area contributed by atoms with E-state index in [2.05, 4.69) is 11.1 Å². The number of aromatic nitrogens is 1. The number of nitriles is 1. The van der Waals surface area contributed by atoms with Crippen LogP contribution in [0.4, 0.5) is 0 Å². The van der Waals surface area contributed by atoms with Gasteiger partial charge in [0, 0.05) is 21.0 Å². The van der Waals surface area contributed by atoms with E-state index < -0.39 is 0 Å². The Morgan fingerprint density at radius 3 is 2.69 bits per heavy atom. The van der Waals surface area contributed by atoms with Crippen molar-refractivity contribution in [1.29, 1.82) is 5.26 Å². The van der Waals surface area contributed by atoms with Crippen molar-refractivity contribution in [3.63, 3.8) is 0 Å². The lowest BCUT2D eigenvalue weighted by molar-refractivity contribution is 0.0918. The van der Waals surface area contributed by atoms with E-state index >= 15 is 0 Å². The molecule has 0 aliphatic rings. The zero-order chi connectivity index (χ0) is 20.2. The molecule has 4 aromatic rings. The Morgan fingerprint density at radius 1 is 1.21 bits per heavy atom. The van der Waals surface area contributed by atoms with Gasteiger partial charge < -0.3 is 9.15 Å². The van der Waals surface area contributed by atoms with Crippen molar-refractivity contribution in [3.05, 3.63) is 82.4 Å². The van der Waals surface area contributed by atoms with Gasteiger partial charge in [0.05, 0.1) is 6.26 Å². The molecule has 0 N–H and O–H groups in total. The number of nitrogens with zero attached hydrogens (tertiary/aromatic N) is 2. The van der Waals surface area contributed by atoms with Gasteiger partial charge in [-0.25, -0.2) is 4.98 Å². The molecule has 0 atom stereocenters. The lowest BCUT2D eigenvalue weighted by Crippen LogP contribution is -2.13. The summed E-state index contributed by atoms with van der Waals surface area (Å²) in [6.07, 6.45) is 1.55. The molecule has 142 valence electrons. The maximum atomic E-state index is 12.5. The van der Waals surface area contributed by atoms with Crippen molar-refractivity contribution >= 4 is 28.7 Å². The molecule has 0 bridgehead atoms. The fourth-order valence-corrected chi connectivity index (χ4v) is 3.64. The summed E-state index contributed by atoms with van der Waals surface area (Å²) >= 11 is 7.36. The molecule has 0 amide bonds. The molecule has 4 rings (SSSR count). The van der Waals surface area contributed by atoms with Crippen LogP contribution in [0.2, 0.25) is 5.02 Å². The Balaban J connectivity index is 1.70. The van der Waals surface area contributed by atoms with Gasteiger partial charge in [-0.3, -0.25) is 4.79 Å². The molecule has 1 aromatic carbocycles. The minimum Gasteiger partial charge on any atom is -0.468 e. The predicted molar refractivity (Wildman–Crippen MR) is 111 cm³/mol. The minimum absolute atomic E-state index is 0.0899. The van der Waals surface area contributed by atoms with Gasteiger partial charge in [0.2, 0.25) is 5.88 Å². The highest BCUT2D eigenvalue weighted by atomic mass is 35.5. The number of furan rings is 1. The SMILES string of the molecule is N#Cc1c(-c2cccs2)cc(-c2ccco2)nc1OCC(=O)c1ccc(Cl)cc1. The smallest absolute Gasteiger partial charge is 0.233 e. The van der Waals surface area contributed by atoms with Crippen molar-refractivity contribution in [2.45, 2.75) is 0 Å². The Hall–Kier alpha value is -3.40. The molecule has 29 heavy (non-hydrogen) atoms. The average Bonchev–Trinajstić information content (AvgIpc) is 3.46. The molecule has 0 saturated carbocycles. The summed E-state index contributed by atoms with van der Waals surface area (Å²) in [5.74, 6) is 0.390. The molecule has 7 heteroatoms. The van der Waals surface area contributed by atoms with Crippen LogP contribution in [-0.2, 0) is 0 Å². The number of ketones is 1. The number of halogens is 1. The summed E-state index contributed by atoms with van der Waals surface area (Å²) in [6.45, 7) is -0.255. The Morgan fingerprint density at radius 2 is 2.03 bits per heavy atom. The zero-order valence-electron chi connectivity index (χ0n) is 15.0. The molecule has 0 aliphatic heterocycles.